The van der Waals surface area contributed by atoms with E-state index in [0.717, 1.165) is 30.2 Å². The second-order valence-corrected chi connectivity index (χ2v) is 7.59. The monoisotopic (exact) mass is 390 g/mol. The maximum Gasteiger partial charge on any atom is 0.254 e. The van der Waals surface area contributed by atoms with Gasteiger partial charge in [-0.05, 0) is 48.9 Å². The number of aryl methyl sites for hydroxylation is 2. The molecule has 0 saturated carbocycles. The Bertz CT molecular complexity index is 1090. The molecule has 1 N–H and O–H groups in total. The minimum atomic E-state index is -0.104. The van der Waals surface area contributed by atoms with Gasteiger partial charge >= 0.3 is 0 Å². The third-order valence-corrected chi connectivity index (χ3v) is 5.63. The molecule has 1 aliphatic carbocycles. The van der Waals surface area contributed by atoms with Crippen LogP contribution >= 0.6 is 0 Å². The first-order valence-corrected chi connectivity index (χ1v) is 10.2. The molecule has 0 fully saturated rings. The Morgan fingerprint density at radius 2 is 1.97 bits per heavy atom. The predicted octanol–water partition coefficient (Wildman–Crippen LogP) is 3.89. The number of carbonyl (C=O) groups excluding carboxylic acids is 1. The van der Waals surface area contributed by atoms with Crippen molar-refractivity contribution in [1.29, 1.82) is 0 Å². The molecule has 5 heteroatoms. The molecule has 1 atom stereocenters. The first-order valence-electron chi connectivity index (χ1n) is 10.2. The van der Waals surface area contributed by atoms with Crippen LogP contribution in [0.4, 0.5) is 0 Å². The van der Waals surface area contributed by atoms with Crippen LogP contribution in [0.2, 0.25) is 0 Å². The van der Waals surface area contributed by atoms with Crippen molar-refractivity contribution in [3.8, 4) is 5.75 Å². The number of aromatic nitrogens is 1. The second kappa shape index (κ2) is 8.52. The molecule has 0 saturated heterocycles. The Morgan fingerprint density at radius 3 is 2.86 bits per heavy atom. The Kier molecular flexibility index (Phi) is 5.65. The number of carbonyl (C=O) groups is 1. The smallest absolute Gasteiger partial charge is 0.254 e. The van der Waals surface area contributed by atoms with Crippen LogP contribution in [-0.4, -0.2) is 17.1 Å². The summed E-state index contributed by atoms with van der Waals surface area (Å²) in [6.45, 7) is 0.395. The van der Waals surface area contributed by atoms with Crippen LogP contribution < -0.4 is 15.6 Å². The van der Waals surface area contributed by atoms with Gasteiger partial charge in [0.15, 0.2) is 0 Å². The van der Waals surface area contributed by atoms with E-state index in [1.165, 1.54) is 17.2 Å². The molecule has 0 spiro atoms. The normalized spacial score (nSPS) is 15.7. The molecule has 0 unspecified atom stereocenters. The third kappa shape index (κ3) is 4.19. The van der Waals surface area contributed by atoms with Crippen LogP contribution in [0.5, 0.6) is 5.75 Å². The van der Waals surface area contributed by atoms with Crippen LogP contribution in [0.1, 0.15) is 42.9 Å². The van der Waals surface area contributed by atoms with E-state index in [4.69, 9.17) is 4.74 Å². The largest absolute Gasteiger partial charge is 0.493 e. The average Bonchev–Trinajstić information content (AvgIpc) is 2.75. The average molecular weight is 390 g/mol. The van der Waals surface area contributed by atoms with E-state index in [1.54, 1.807) is 11.6 Å². The topological polar surface area (TPSA) is 60.3 Å². The molecule has 1 aliphatic rings. The van der Waals surface area contributed by atoms with Crippen molar-refractivity contribution < 1.29 is 9.53 Å². The van der Waals surface area contributed by atoms with Gasteiger partial charge in [0.1, 0.15) is 5.75 Å². The van der Waals surface area contributed by atoms with Crippen molar-refractivity contribution in [3.63, 3.8) is 0 Å². The van der Waals surface area contributed by atoms with Gasteiger partial charge in [-0.25, -0.2) is 0 Å². The van der Waals surface area contributed by atoms with Crippen molar-refractivity contribution >= 4 is 16.8 Å². The zero-order valence-corrected chi connectivity index (χ0v) is 16.7. The van der Waals surface area contributed by atoms with E-state index in [2.05, 4.69) is 23.5 Å². The van der Waals surface area contributed by atoms with Gasteiger partial charge in [-0.15, -0.1) is 0 Å². The number of nitrogens with zero attached hydrogens (tertiary/aromatic N) is 1. The number of amides is 1. The number of hydrogen-bond acceptors (Lipinski definition) is 3. The van der Waals surface area contributed by atoms with Gasteiger partial charge in [-0.3, -0.25) is 9.59 Å². The lowest BCUT2D eigenvalue weighted by atomic mass is 9.87. The number of fused-ring (bicyclic) bond motifs is 2. The summed E-state index contributed by atoms with van der Waals surface area (Å²) >= 11 is 0. The summed E-state index contributed by atoms with van der Waals surface area (Å²) in [6, 6.07) is 17.6. The van der Waals surface area contributed by atoms with Gasteiger partial charge in [0.05, 0.1) is 18.2 Å². The molecule has 150 valence electrons. The van der Waals surface area contributed by atoms with Crippen molar-refractivity contribution in [2.45, 2.75) is 38.1 Å². The number of nitrogens with one attached hydrogen (secondary N) is 1. The Morgan fingerprint density at radius 1 is 1.17 bits per heavy atom. The first-order chi connectivity index (χ1) is 14.1. The fourth-order valence-corrected chi connectivity index (χ4v) is 4.08. The molecular weight excluding hydrogens is 364 g/mol. The van der Waals surface area contributed by atoms with Crippen molar-refractivity contribution in [2.75, 3.05) is 6.61 Å². The quantitative estimate of drug-likeness (QED) is 0.650. The summed E-state index contributed by atoms with van der Waals surface area (Å²) in [5.41, 5.74) is 3.32. The molecule has 0 bridgehead atoms. The summed E-state index contributed by atoms with van der Waals surface area (Å²) in [5, 5.41) is 4.07. The van der Waals surface area contributed by atoms with Crippen molar-refractivity contribution in [1.82, 2.24) is 9.88 Å². The fourth-order valence-electron chi connectivity index (χ4n) is 4.08. The standard InChI is InChI=1S/C24H26N2O3/c1-26-21-13-5-4-11-19(21)22(16-24(26)28)29-15-7-14-23(27)25-20-12-6-9-17-8-2-3-10-18(17)20/h2-5,8,10-11,13,16,20H,6-7,9,12,14-15H2,1H3,(H,25,27)/t20-/m0/s1. The predicted molar refractivity (Wildman–Crippen MR) is 114 cm³/mol. The summed E-state index contributed by atoms with van der Waals surface area (Å²) in [6.07, 6.45) is 4.17. The Balaban J connectivity index is 1.33. The van der Waals surface area contributed by atoms with Gasteiger partial charge in [0, 0.05) is 24.9 Å². The number of para-hydroxylation sites is 1. The zero-order valence-electron chi connectivity index (χ0n) is 16.7. The molecule has 1 amide bonds. The molecule has 29 heavy (non-hydrogen) atoms. The third-order valence-electron chi connectivity index (χ3n) is 5.63. The highest BCUT2D eigenvalue weighted by atomic mass is 16.5. The van der Waals surface area contributed by atoms with Crippen LogP contribution in [0.25, 0.3) is 10.9 Å². The van der Waals surface area contributed by atoms with Crippen LogP contribution in [0.3, 0.4) is 0 Å². The lowest BCUT2D eigenvalue weighted by Gasteiger charge is -2.26. The fraction of sp³-hybridized carbons (Fsp3) is 0.333. The molecule has 1 heterocycles. The Hall–Kier alpha value is -3.08. The van der Waals surface area contributed by atoms with Crippen LogP contribution in [0.15, 0.2) is 59.4 Å². The van der Waals surface area contributed by atoms with E-state index < -0.39 is 0 Å². The van der Waals surface area contributed by atoms with Crippen molar-refractivity contribution in [2.24, 2.45) is 7.05 Å². The summed E-state index contributed by atoms with van der Waals surface area (Å²) in [5.74, 6) is 0.620. The van der Waals surface area contributed by atoms with E-state index in [-0.39, 0.29) is 17.5 Å². The molecule has 2 aromatic carbocycles. The van der Waals surface area contributed by atoms with Gasteiger partial charge in [-0.1, -0.05) is 36.4 Å². The molecule has 1 aromatic heterocycles. The molecule has 4 rings (SSSR count). The lowest BCUT2D eigenvalue weighted by Crippen LogP contribution is -2.31. The van der Waals surface area contributed by atoms with Gasteiger partial charge in [0.2, 0.25) is 5.91 Å². The maximum atomic E-state index is 12.4. The van der Waals surface area contributed by atoms with E-state index >= 15 is 0 Å². The summed E-state index contributed by atoms with van der Waals surface area (Å²) in [4.78, 5) is 24.6. The molecule has 0 aliphatic heterocycles. The minimum absolute atomic E-state index is 0.0455. The highest BCUT2D eigenvalue weighted by molar-refractivity contribution is 5.85. The van der Waals surface area contributed by atoms with Crippen LogP contribution in [0, 0.1) is 0 Å². The number of ether oxygens (including phenoxy) is 1. The van der Waals surface area contributed by atoms with Crippen LogP contribution in [-0.2, 0) is 18.3 Å². The number of benzene rings is 2. The second-order valence-electron chi connectivity index (χ2n) is 7.59. The highest BCUT2D eigenvalue weighted by Gasteiger charge is 2.21. The van der Waals surface area contributed by atoms with E-state index in [1.807, 2.05) is 30.3 Å². The lowest BCUT2D eigenvalue weighted by molar-refractivity contribution is -0.122. The zero-order chi connectivity index (χ0) is 20.2. The first kappa shape index (κ1) is 19.2. The summed E-state index contributed by atoms with van der Waals surface area (Å²) in [7, 11) is 1.75. The van der Waals surface area contributed by atoms with Gasteiger partial charge in [-0.2, -0.15) is 0 Å². The van der Waals surface area contributed by atoms with E-state index in [9.17, 15) is 9.59 Å². The summed E-state index contributed by atoms with van der Waals surface area (Å²) < 4.78 is 7.47. The molecule has 5 nitrogen and oxygen atoms in total. The van der Waals surface area contributed by atoms with E-state index in [0.29, 0.717) is 25.2 Å². The van der Waals surface area contributed by atoms with Gasteiger partial charge in [0.25, 0.3) is 5.56 Å². The minimum Gasteiger partial charge on any atom is -0.493 e. The SMILES string of the molecule is Cn1c(=O)cc(OCCCC(=O)N[C@H]2CCCc3ccccc32)c2ccccc21. The number of rotatable bonds is 6. The number of pyridine rings is 1. The Labute approximate surface area is 170 Å². The molecule has 0 radical (unpaired) electrons. The molecular formula is C24H26N2O3. The maximum absolute atomic E-state index is 12.4. The molecule has 3 aromatic rings. The number of hydrogen-bond donors (Lipinski definition) is 1. The van der Waals surface area contributed by atoms with Gasteiger partial charge < -0.3 is 14.6 Å². The highest BCUT2D eigenvalue weighted by Crippen LogP contribution is 2.29. The van der Waals surface area contributed by atoms with Crippen molar-refractivity contribution in [3.05, 3.63) is 76.1 Å².